The smallest absolute Gasteiger partial charge is 0.300 e. The first-order valence-electron chi connectivity index (χ1n) is 6.73. The Kier molecular flexibility index (Phi) is 2.67. The largest absolute Gasteiger partial charge is 0.423 e. The molecule has 0 unspecified atom stereocenters. The lowest BCUT2D eigenvalue weighted by Crippen LogP contribution is -1.92. The summed E-state index contributed by atoms with van der Waals surface area (Å²) in [6.07, 6.45) is 3.60. The minimum Gasteiger partial charge on any atom is -0.423 e. The SMILES string of the molecule is Clc1ccc2oc(Nc3ccc4c(c3)CCC4)nc2c1. The predicted molar refractivity (Wildman–Crippen MR) is 80.8 cm³/mol. The highest BCUT2D eigenvalue weighted by Gasteiger charge is 2.12. The van der Waals surface area contributed by atoms with E-state index in [1.54, 1.807) is 12.1 Å². The molecule has 4 heteroatoms. The van der Waals surface area contributed by atoms with Crippen molar-refractivity contribution in [3.63, 3.8) is 0 Å². The van der Waals surface area contributed by atoms with Crippen LogP contribution in [0.3, 0.4) is 0 Å². The van der Waals surface area contributed by atoms with Crippen LogP contribution in [-0.4, -0.2) is 4.98 Å². The van der Waals surface area contributed by atoms with E-state index in [1.165, 1.54) is 24.0 Å². The van der Waals surface area contributed by atoms with E-state index in [0.717, 1.165) is 23.2 Å². The maximum absolute atomic E-state index is 5.95. The average Bonchev–Trinajstić information content (AvgIpc) is 3.03. The third-order valence-corrected chi connectivity index (χ3v) is 3.93. The van der Waals surface area contributed by atoms with Gasteiger partial charge >= 0.3 is 0 Å². The van der Waals surface area contributed by atoms with Gasteiger partial charge in [0.15, 0.2) is 5.58 Å². The summed E-state index contributed by atoms with van der Waals surface area (Å²) in [5, 5.41) is 3.88. The first-order chi connectivity index (χ1) is 9.78. The molecule has 0 radical (unpaired) electrons. The van der Waals surface area contributed by atoms with Crippen LogP contribution in [0.15, 0.2) is 40.8 Å². The van der Waals surface area contributed by atoms with Crippen molar-refractivity contribution in [2.75, 3.05) is 5.32 Å². The number of anilines is 2. The molecule has 1 heterocycles. The number of halogens is 1. The summed E-state index contributed by atoms with van der Waals surface area (Å²) in [5.74, 6) is 0. The lowest BCUT2D eigenvalue weighted by atomic mass is 10.1. The van der Waals surface area contributed by atoms with Gasteiger partial charge in [0.25, 0.3) is 6.01 Å². The summed E-state index contributed by atoms with van der Waals surface area (Å²) in [6, 6.07) is 12.4. The van der Waals surface area contributed by atoms with Gasteiger partial charge in [0, 0.05) is 10.7 Å². The summed E-state index contributed by atoms with van der Waals surface area (Å²) < 4.78 is 5.67. The van der Waals surface area contributed by atoms with Gasteiger partial charge < -0.3 is 9.73 Å². The Balaban J connectivity index is 1.66. The van der Waals surface area contributed by atoms with E-state index in [1.807, 2.05) is 6.07 Å². The fourth-order valence-electron chi connectivity index (χ4n) is 2.73. The molecule has 1 aliphatic rings. The summed E-state index contributed by atoms with van der Waals surface area (Å²) in [5.41, 5.74) is 5.40. The van der Waals surface area contributed by atoms with Gasteiger partial charge in [0.1, 0.15) is 5.52 Å². The molecule has 0 saturated heterocycles. The number of hydrogen-bond acceptors (Lipinski definition) is 3. The van der Waals surface area contributed by atoms with Crippen molar-refractivity contribution in [1.29, 1.82) is 0 Å². The molecular weight excluding hydrogens is 272 g/mol. The minimum absolute atomic E-state index is 0.500. The lowest BCUT2D eigenvalue weighted by Gasteiger charge is -2.04. The maximum atomic E-state index is 5.95. The van der Waals surface area contributed by atoms with Gasteiger partial charge in [-0.2, -0.15) is 4.98 Å². The molecule has 0 atom stereocenters. The molecule has 0 bridgehead atoms. The second-order valence-electron chi connectivity index (χ2n) is 5.09. The van der Waals surface area contributed by atoms with E-state index in [-0.39, 0.29) is 0 Å². The highest BCUT2D eigenvalue weighted by atomic mass is 35.5. The van der Waals surface area contributed by atoms with E-state index >= 15 is 0 Å². The third-order valence-electron chi connectivity index (χ3n) is 3.70. The fourth-order valence-corrected chi connectivity index (χ4v) is 2.89. The van der Waals surface area contributed by atoms with Gasteiger partial charge in [-0.3, -0.25) is 0 Å². The second kappa shape index (κ2) is 4.53. The molecule has 20 heavy (non-hydrogen) atoms. The van der Waals surface area contributed by atoms with Crippen LogP contribution in [-0.2, 0) is 12.8 Å². The molecule has 0 aliphatic heterocycles. The van der Waals surface area contributed by atoms with Crippen molar-refractivity contribution in [2.45, 2.75) is 19.3 Å². The van der Waals surface area contributed by atoms with Crippen LogP contribution in [0.25, 0.3) is 11.1 Å². The van der Waals surface area contributed by atoms with Gasteiger partial charge in [-0.1, -0.05) is 17.7 Å². The number of aryl methyl sites for hydroxylation is 2. The lowest BCUT2D eigenvalue weighted by molar-refractivity contribution is 0.623. The maximum Gasteiger partial charge on any atom is 0.300 e. The predicted octanol–water partition coefficient (Wildman–Crippen LogP) is 4.71. The first-order valence-corrected chi connectivity index (χ1v) is 7.11. The zero-order chi connectivity index (χ0) is 13.5. The number of fused-ring (bicyclic) bond motifs is 2. The molecule has 0 saturated carbocycles. The van der Waals surface area contributed by atoms with Crippen molar-refractivity contribution >= 4 is 34.4 Å². The molecule has 0 spiro atoms. The number of nitrogens with zero attached hydrogens (tertiary/aromatic N) is 1. The van der Waals surface area contributed by atoms with Gasteiger partial charge in [-0.15, -0.1) is 0 Å². The Morgan fingerprint density at radius 1 is 1.05 bits per heavy atom. The third kappa shape index (κ3) is 2.04. The number of benzene rings is 2. The van der Waals surface area contributed by atoms with E-state index in [4.69, 9.17) is 16.0 Å². The van der Waals surface area contributed by atoms with Crippen LogP contribution in [0, 0.1) is 0 Å². The number of rotatable bonds is 2. The standard InChI is InChI=1S/C16H13ClN2O/c17-12-5-7-15-14(9-12)19-16(20-15)18-13-6-4-10-2-1-3-11(10)8-13/h4-9H,1-3H2,(H,18,19). The van der Waals surface area contributed by atoms with Crippen LogP contribution in [0.4, 0.5) is 11.7 Å². The Morgan fingerprint density at radius 3 is 2.90 bits per heavy atom. The number of nitrogens with one attached hydrogen (secondary N) is 1. The van der Waals surface area contributed by atoms with Crippen molar-refractivity contribution in [1.82, 2.24) is 4.98 Å². The molecule has 3 nitrogen and oxygen atoms in total. The molecule has 0 fully saturated rings. The Morgan fingerprint density at radius 2 is 1.95 bits per heavy atom. The van der Waals surface area contributed by atoms with Crippen molar-refractivity contribution in [3.05, 3.63) is 52.5 Å². The van der Waals surface area contributed by atoms with Crippen molar-refractivity contribution in [3.8, 4) is 0 Å². The molecule has 1 aliphatic carbocycles. The van der Waals surface area contributed by atoms with Gasteiger partial charge in [0.2, 0.25) is 0 Å². The highest BCUT2D eigenvalue weighted by molar-refractivity contribution is 6.31. The summed E-state index contributed by atoms with van der Waals surface area (Å²) >= 11 is 5.95. The molecule has 3 aromatic rings. The van der Waals surface area contributed by atoms with Crippen LogP contribution >= 0.6 is 11.6 Å². The van der Waals surface area contributed by atoms with E-state index in [9.17, 15) is 0 Å². The number of hydrogen-bond donors (Lipinski definition) is 1. The molecule has 0 amide bonds. The topological polar surface area (TPSA) is 38.1 Å². The van der Waals surface area contributed by atoms with Gasteiger partial charge in [0.05, 0.1) is 0 Å². The molecule has 100 valence electrons. The summed E-state index contributed by atoms with van der Waals surface area (Å²) in [6.45, 7) is 0. The zero-order valence-electron chi connectivity index (χ0n) is 10.8. The van der Waals surface area contributed by atoms with Crippen LogP contribution < -0.4 is 5.32 Å². The minimum atomic E-state index is 0.500. The van der Waals surface area contributed by atoms with E-state index in [2.05, 4.69) is 28.5 Å². The molecule has 1 N–H and O–H groups in total. The summed E-state index contributed by atoms with van der Waals surface area (Å²) in [7, 11) is 0. The van der Waals surface area contributed by atoms with Gasteiger partial charge in [-0.25, -0.2) is 0 Å². The number of oxazole rings is 1. The Hall–Kier alpha value is -2.00. The zero-order valence-corrected chi connectivity index (χ0v) is 11.6. The van der Waals surface area contributed by atoms with Crippen LogP contribution in [0.1, 0.15) is 17.5 Å². The normalized spacial score (nSPS) is 13.7. The first kappa shape index (κ1) is 11.8. The van der Waals surface area contributed by atoms with Crippen LogP contribution in [0.2, 0.25) is 5.02 Å². The molecule has 2 aromatic carbocycles. The highest BCUT2D eigenvalue weighted by Crippen LogP contribution is 2.28. The fraction of sp³-hybridized carbons (Fsp3) is 0.188. The molecular formula is C16H13ClN2O. The van der Waals surface area contributed by atoms with Gasteiger partial charge in [-0.05, 0) is 60.7 Å². The Labute approximate surface area is 121 Å². The molecule has 4 rings (SSSR count). The van der Waals surface area contributed by atoms with Crippen molar-refractivity contribution < 1.29 is 4.42 Å². The quantitative estimate of drug-likeness (QED) is 0.740. The van der Waals surface area contributed by atoms with E-state index < -0.39 is 0 Å². The second-order valence-corrected chi connectivity index (χ2v) is 5.53. The van der Waals surface area contributed by atoms with E-state index in [0.29, 0.717) is 11.0 Å². The molecule has 1 aromatic heterocycles. The summed E-state index contributed by atoms with van der Waals surface area (Å²) in [4.78, 5) is 4.40. The van der Waals surface area contributed by atoms with Crippen LogP contribution in [0.5, 0.6) is 0 Å². The Bertz CT molecular complexity index is 794. The monoisotopic (exact) mass is 284 g/mol. The number of aromatic nitrogens is 1. The average molecular weight is 285 g/mol. The van der Waals surface area contributed by atoms with Crippen molar-refractivity contribution in [2.24, 2.45) is 0 Å².